The molecule has 0 aliphatic heterocycles. The first-order valence-corrected chi connectivity index (χ1v) is 15.8. The summed E-state index contributed by atoms with van der Waals surface area (Å²) in [5.41, 5.74) is 3.47. The maximum absolute atomic E-state index is 13.2. The molecule has 0 saturated heterocycles. The van der Waals surface area contributed by atoms with E-state index in [2.05, 4.69) is 10.0 Å². The van der Waals surface area contributed by atoms with E-state index in [1.165, 1.54) is 0 Å². The third kappa shape index (κ3) is 9.56. The Morgan fingerprint density at radius 1 is 0.881 bits per heavy atom. The SMILES string of the molecule is Cc1cc(S(=O)(=O)Nc2cccc(-c3ccc(C(C)N[C@@H](COC(C)(C)C)C(=O)OC(C)(C)C)cc3)c2)c(C)cc1Cl. The van der Waals surface area contributed by atoms with Gasteiger partial charge in [0.2, 0.25) is 0 Å². The highest BCUT2D eigenvalue weighted by Crippen LogP contribution is 2.29. The monoisotopic (exact) mass is 614 g/mol. The van der Waals surface area contributed by atoms with Gasteiger partial charge >= 0.3 is 5.97 Å². The number of anilines is 1. The number of benzene rings is 3. The zero-order valence-corrected chi connectivity index (χ0v) is 27.5. The Hall–Kier alpha value is -2.91. The van der Waals surface area contributed by atoms with Crippen LogP contribution in [0.4, 0.5) is 5.69 Å². The van der Waals surface area contributed by atoms with Gasteiger partial charge in [-0.3, -0.25) is 14.8 Å². The van der Waals surface area contributed by atoms with Gasteiger partial charge in [0.15, 0.2) is 0 Å². The molecule has 1 unspecified atom stereocenters. The highest BCUT2D eigenvalue weighted by Gasteiger charge is 2.28. The van der Waals surface area contributed by atoms with Crippen LogP contribution in [0.5, 0.6) is 0 Å². The second-order valence-corrected chi connectivity index (χ2v) is 14.6. The average molecular weight is 615 g/mol. The minimum Gasteiger partial charge on any atom is -0.459 e. The molecule has 0 aliphatic rings. The Balaban J connectivity index is 1.77. The fraction of sp³-hybridized carbons (Fsp3) is 0.424. The van der Waals surface area contributed by atoms with Gasteiger partial charge in [-0.2, -0.15) is 0 Å². The first-order chi connectivity index (χ1) is 19.3. The van der Waals surface area contributed by atoms with Gasteiger partial charge in [-0.05, 0) is 114 Å². The topological polar surface area (TPSA) is 93.7 Å². The third-order valence-corrected chi connectivity index (χ3v) is 8.36. The number of carbonyl (C=O) groups is 1. The van der Waals surface area contributed by atoms with Crippen molar-refractivity contribution in [3.8, 4) is 11.1 Å². The summed E-state index contributed by atoms with van der Waals surface area (Å²) in [6.07, 6.45) is 0. The standard InChI is InChI=1S/C33H43ClN2O5S/c1-21-18-30(22(2)17-28(21)34)42(38,39)36-27-12-10-11-26(19-27)25-15-13-24(14-16-25)23(3)35-29(20-40-32(4,5)6)31(37)41-33(7,8)9/h10-19,23,29,35-36H,20H2,1-9H3/t23?,29-/m0/s1. The lowest BCUT2D eigenvalue weighted by atomic mass is 10.0. The van der Waals surface area contributed by atoms with Crippen molar-refractivity contribution in [2.75, 3.05) is 11.3 Å². The first kappa shape index (κ1) is 33.6. The minimum atomic E-state index is -3.81. The van der Waals surface area contributed by atoms with Crippen LogP contribution in [0.2, 0.25) is 5.02 Å². The summed E-state index contributed by atoms with van der Waals surface area (Å²) in [6, 6.07) is 17.6. The van der Waals surface area contributed by atoms with Crippen LogP contribution in [0.3, 0.4) is 0 Å². The smallest absolute Gasteiger partial charge is 0.326 e. The molecule has 3 rings (SSSR count). The van der Waals surface area contributed by atoms with Gasteiger partial charge < -0.3 is 9.47 Å². The summed E-state index contributed by atoms with van der Waals surface area (Å²) in [6.45, 7) is 17.0. The fourth-order valence-corrected chi connectivity index (χ4v) is 5.85. The Morgan fingerprint density at radius 3 is 2.12 bits per heavy atom. The summed E-state index contributed by atoms with van der Waals surface area (Å²) < 4.78 is 40.6. The zero-order valence-electron chi connectivity index (χ0n) is 26.0. The summed E-state index contributed by atoms with van der Waals surface area (Å²) in [5, 5.41) is 3.89. The van der Waals surface area contributed by atoms with Crippen LogP contribution in [0.25, 0.3) is 11.1 Å². The summed E-state index contributed by atoms with van der Waals surface area (Å²) in [7, 11) is -3.81. The molecule has 2 atom stereocenters. The van der Waals surface area contributed by atoms with Crippen molar-refractivity contribution in [2.45, 2.75) is 90.5 Å². The normalized spacial score (nSPS) is 13.9. The lowest BCUT2D eigenvalue weighted by Crippen LogP contribution is -2.46. The summed E-state index contributed by atoms with van der Waals surface area (Å²) in [4.78, 5) is 13.1. The summed E-state index contributed by atoms with van der Waals surface area (Å²) in [5.74, 6) is -0.363. The van der Waals surface area contributed by atoms with Crippen LogP contribution in [-0.2, 0) is 24.3 Å². The highest BCUT2D eigenvalue weighted by atomic mass is 35.5. The molecule has 2 N–H and O–H groups in total. The Morgan fingerprint density at radius 2 is 1.52 bits per heavy atom. The van der Waals surface area contributed by atoms with E-state index in [4.69, 9.17) is 21.1 Å². The van der Waals surface area contributed by atoms with Crippen molar-refractivity contribution in [1.82, 2.24) is 5.32 Å². The fourth-order valence-electron chi connectivity index (χ4n) is 4.27. The number of hydrogen-bond acceptors (Lipinski definition) is 6. The molecule has 0 aliphatic carbocycles. The number of halogens is 1. The zero-order chi connectivity index (χ0) is 31.5. The van der Waals surface area contributed by atoms with E-state index in [1.54, 1.807) is 38.1 Å². The van der Waals surface area contributed by atoms with Gasteiger partial charge in [0.25, 0.3) is 10.0 Å². The van der Waals surface area contributed by atoms with Gasteiger partial charge in [0, 0.05) is 16.8 Å². The quantitative estimate of drug-likeness (QED) is 0.228. The molecule has 9 heteroatoms. The summed E-state index contributed by atoms with van der Waals surface area (Å²) >= 11 is 6.16. The molecule has 0 heterocycles. The van der Waals surface area contributed by atoms with Gasteiger partial charge in [0.05, 0.1) is 17.1 Å². The minimum absolute atomic E-state index is 0.163. The molecule has 0 saturated carbocycles. The third-order valence-electron chi connectivity index (χ3n) is 6.43. The molecule has 0 fully saturated rings. The van der Waals surface area contributed by atoms with Crippen molar-refractivity contribution < 1.29 is 22.7 Å². The number of carbonyl (C=O) groups excluding carboxylic acids is 1. The second kappa shape index (κ2) is 13.2. The maximum atomic E-state index is 13.2. The molecule has 0 spiro atoms. The molecular formula is C33H43ClN2O5S. The average Bonchev–Trinajstić information content (AvgIpc) is 2.86. The molecule has 0 aromatic heterocycles. The van der Waals surface area contributed by atoms with Gasteiger partial charge in [0.1, 0.15) is 11.6 Å². The van der Waals surface area contributed by atoms with Gasteiger partial charge in [-0.1, -0.05) is 48.0 Å². The highest BCUT2D eigenvalue weighted by molar-refractivity contribution is 7.92. The van der Waals surface area contributed by atoms with Gasteiger partial charge in [-0.25, -0.2) is 8.42 Å². The molecule has 228 valence electrons. The van der Waals surface area contributed by atoms with Crippen molar-refractivity contribution in [2.24, 2.45) is 0 Å². The molecule has 0 bridgehead atoms. The van der Waals surface area contributed by atoms with Crippen LogP contribution >= 0.6 is 11.6 Å². The molecular weight excluding hydrogens is 572 g/mol. The molecule has 3 aromatic rings. The molecule has 3 aromatic carbocycles. The number of hydrogen-bond donors (Lipinski definition) is 2. The number of aryl methyl sites for hydroxylation is 2. The molecule has 42 heavy (non-hydrogen) atoms. The van der Waals surface area contributed by atoms with E-state index in [0.717, 1.165) is 16.7 Å². The van der Waals surface area contributed by atoms with Crippen LogP contribution in [0.15, 0.2) is 65.6 Å². The number of sulfonamides is 1. The number of esters is 1. The van der Waals surface area contributed by atoms with Crippen molar-refractivity contribution in [3.05, 3.63) is 82.4 Å². The number of rotatable bonds is 10. The lowest BCUT2D eigenvalue weighted by Gasteiger charge is -2.29. The van der Waals surface area contributed by atoms with Crippen LogP contribution in [0, 0.1) is 13.8 Å². The van der Waals surface area contributed by atoms with E-state index in [0.29, 0.717) is 21.8 Å². The second-order valence-electron chi connectivity index (χ2n) is 12.6. The van der Waals surface area contributed by atoms with E-state index in [9.17, 15) is 13.2 Å². The number of ether oxygens (including phenoxy) is 2. The number of nitrogens with one attached hydrogen (secondary N) is 2. The predicted octanol–water partition coefficient (Wildman–Crippen LogP) is 7.60. The molecule has 0 amide bonds. The van der Waals surface area contributed by atoms with E-state index in [-0.39, 0.29) is 23.5 Å². The maximum Gasteiger partial charge on any atom is 0.326 e. The van der Waals surface area contributed by atoms with E-state index >= 15 is 0 Å². The van der Waals surface area contributed by atoms with Crippen molar-refractivity contribution in [3.63, 3.8) is 0 Å². The van der Waals surface area contributed by atoms with E-state index < -0.39 is 27.3 Å². The predicted molar refractivity (Wildman–Crippen MR) is 171 cm³/mol. The van der Waals surface area contributed by atoms with Crippen LogP contribution in [-0.4, -0.2) is 38.2 Å². The Kier molecular flexibility index (Phi) is 10.5. The molecule has 7 nitrogen and oxygen atoms in total. The van der Waals surface area contributed by atoms with Crippen molar-refractivity contribution >= 4 is 33.3 Å². The Bertz CT molecular complexity index is 1510. The largest absolute Gasteiger partial charge is 0.459 e. The first-order valence-electron chi connectivity index (χ1n) is 14.0. The van der Waals surface area contributed by atoms with Crippen LogP contribution in [0.1, 0.15) is 71.2 Å². The van der Waals surface area contributed by atoms with Gasteiger partial charge in [-0.15, -0.1) is 0 Å². The Labute approximate surface area is 256 Å². The van der Waals surface area contributed by atoms with E-state index in [1.807, 2.05) is 84.9 Å². The van der Waals surface area contributed by atoms with Crippen molar-refractivity contribution in [1.29, 1.82) is 0 Å². The van der Waals surface area contributed by atoms with Crippen LogP contribution < -0.4 is 10.0 Å². The molecule has 0 radical (unpaired) electrons. The lowest BCUT2D eigenvalue weighted by molar-refractivity contribution is -0.160.